The molecule has 0 bridgehead atoms. The van der Waals surface area contributed by atoms with Gasteiger partial charge in [-0.15, -0.1) is 0 Å². The SMILES string of the molecule is O=C(N[C@H]1CCO[C@@H]1c1ccc(F)c(F)c1)c1cccc2cn[nH]c12. The number of para-hydroxylation sites is 1. The average molecular weight is 343 g/mol. The smallest absolute Gasteiger partial charge is 0.253 e. The number of nitrogens with zero attached hydrogens (tertiary/aromatic N) is 1. The molecule has 1 aromatic heterocycles. The maximum Gasteiger partial charge on any atom is 0.253 e. The van der Waals surface area contributed by atoms with Crippen molar-refractivity contribution < 1.29 is 18.3 Å². The highest BCUT2D eigenvalue weighted by Gasteiger charge is 2.32. The number of hydrogen-bond donors (Lipinski definition) is 2. The first-order valence-electron chi connectivity index (χ1n) is 7.93. The quantitative estimate of drug-likeness (QED) is 0.768. The molecule has 1 fully saturated rings. The Hall–Kier alpha value is -2.80. The molecular formula is C18H15F2N3O2. The third-order valence-electron chi connectivity index (χ3n) is 4.40. The zero-order valence-electron chi connectivity index (χ0n) is 13.1. The van der Waals surface area contributed by atoms with Crippen LogP contribution in [0.3, 0.4) is 0 Å². The normalized spacial score (nSPS) is 20.1. The summed E-state index contributed by atoms with van der Waals surface area (Å²) in [5.41, 5.74) is 1.63. The van der Waals surface area contributed by atoms with Crippen molar-refractivity contribution in [3.05, 3.63) is 65.4 Å². The van der Waals surface area contributed by atoms with Crippen LogP contribution in [0.15, 0.2) is 42.6 Å². The van der Waals surface area contributed by atoms with E-state index in [4.69, 9.17) is 4.74 Å². The first-order chi connectivity index (χ1) is 12.1. The van der Waals surface area contributed by atoms with Crippen LogP contribution in [0, 0.1) is 11.6 Å². The number of carbonyl (C=O) groups is 1. The molecular weight excluding hydrogens is 328 g/mol. The molecule has 5 nitrogen and oxygen atoms in total. The van der Waals surface area contributed by atoms with Crippen molar-refractivity contribution >= 4 is 16.8 Å². The lowest BCUT2D eigenvalue weighted by atomic mass is 10.0. The minimum Gasteiger partial charge on any atom is -0.371 e. The van der Waals surface area contributed by atoms with E-state index in [-0.39, 0.29) is 11.9 Å². The van der Waals surface area contributed by atoms with E-state index in [0.717, 1.165) is 17.5 Å². The predicted octanol–water partition coefficient (Wildman–Crippen LogP) is 3.10. The lowest BCUT2D eigenvalue weighted by Gasteiger charge is -2.20. The van der Waals surface area contributed by atoms with Crippen molar-refractivity contribution in [2.75, 3.05) is 6.61 Å². The fraction of sp³-hybridized carbons (Fsp3) is 0.222. The first kappa shape index (κ1) is 15.7. The summed E-state index contributed by atoms with van der Waals surface area (Å²) in [6.07, 6.45) is 1.73. The molecule has 2 aromatic carbocycles. The van der Waals surface area contributed by atoms with Gasteiger partial charge in [-0.25, -0.2) is 8.78 Å². The summed E-state index contributed by atoms with van der Waals surface area (Å²) in [6.45, 7) is 0.433. The standard InChI is InChI=1S/C18H15F2N3O2/c19-13-5-4-10(8-14(13)20)17-15(6-7-25-17)22-18(24)12-3-1-2-11-9-21-23-16(11)12/h1-5,8-9,15,17H,6-7H2,(H,21,23)(H,22,24)/t15-,17+/m0/s1. The van der Waals surface area contributed by atoms with Crippen LogP contribution in [0.1, 0.15) is 28.4 Å². The Morgan fingerprint density at radius 3 is 2.96 bits per heavy atom. The lowest BCUT2D eigenvalue weighted by molar-refractivity contribution is 0.0821. The Morgan fingerprint density at radius 1 is 1.24 bits per heavy atom. The van der Waals surface area contributed by atoms with Gasteiger partial charge in [0.1, 0.15) is 6.10 Å². The van der Waals surface area contributed by atoms with Crippen LogP contribution in [0.25, 0.3) is 10.9 Å². The summed E-state index contributed by atoms with van der Waals surface area (Å²) in [4.78, 5) is 12.7. The third kappa shape index (κ3) is 2.87. The van der Waals surface area contributed by atoms with Crippen LogP contribution in [0.2, 0.25) is 0 Å². The van der Waals surface area contributed by atoms with Gasteiger partial charge in [-0.3, -0.25) is 9.89 Å². The molecule has 0 radical (unpaired) electrons. The van der Waals surface area contributed by atoms with Crippen molar-refractivity contribution in [3.8, 4) is 0 Å². The van der Waals surface area contributed by atoms with E-state index in [1.807, 2.05) is 6.07 Å². The summed E-state index contributed by atoms with van der Waals surface area (Å²) in [5.74, 6) is -2.11. The maximum absolute atomic E-state index is 13.5. The molecule has 3 aromatic rings. The fourth-order valence-electron chi connectivity index (χ4n) is 3.16. The summed E-state index contributed by atoms with van der Waals surface area (Å²) in [6, 6.07) is 8.68. The minimum absolute atomic E-state index is 0.266. The topological polar surface area (TPSA) is 67.0 Å². The number of fused-ring (bicyclic) bond motifs is 1. The van der Waals surface area contributed by atoms with E-state index in [1.165, 1.54) is 6.07 Å². The Morgan fingerprint density at radius 2 is 2.12 bits per heavy atom. The van der Waals surface area contributed by atoms with Gasteiger partial charge in [-0.05, 0) is 30.2 Å². The highest BCUT2D eigenvalue weighted by molar-refractivity contribution is 6.05. The molecule has 1 saturated heterocycles. The Balaban J connectivity index is 1.58. The van der Waals surface area contributed by atoms with Gasteiger partial charge < -0.3 is 10.1 Å². The Bertz CT molecular complexity index is 941. The van der Waals surface area contributed by atoms with E-state index in [2.05, 4.69) is 15.5 Å². The molecule has 2 N–H and O–H groups in total. The molecule has 7 heteroatoms. The molecule has 4 rings (SSSR count). The number of carbonyl (C=O) groups excluding carboxylic acids is 1. The molecule has 2 heterocycles. The zero-order valence-corrected chi connectivity index (χ0v) is 13.1. The van der Waals surface area contributed by atoms with E-state index in [1.54, 1.807) is 18.3 Å². The van der Waals surface area contributed by atoms with Crippen LogP contribution >= 0.6 is 0 Å². The predicted molar refractivity (Wildman–Crippen MR) is 87.0 cm³/mol. The van der Waals surface area contributed by atoms with Crippen LogP contribution in [0.5, 0.6) is 0 Å². The van der Waals surface area contributed by atoms with E-state index >= 15 is 0 Å². The summed E-state index contributed by atoms with van der Waals surface area (Å²) >= 11 is 0. The van der Waals surface area contributed by atoms with Gasteiger partial charge in [0.05, 0.1) is 23.3 Å². The van der Waals surface area contributed by atoms with Crippen molar-refractivity contribution in [1.29, 1.82) is 0 Å². The van der Waals surface area contributed by atoms with Crippen LogP contribution in [-0.2, 0) is 4.74 Å². The second-order valence-corrected chi connectivity index (χ2v) is 5.97. The number of ether oxygens (including phenoxy) is 1. The van der Waals surface area contributed by atoms with Crippen molar-refractivity contribution in [2.45, 2.75) is 18.6 Å². The molecule has 1 aliphatic rings. The number of hydrogen-bond acceptors (Lipinski definition) is 3. The molecule has 0 spiro atoms. The third-order valence-corrected chi connectivity index (χ3v) is 4.40. The molecule has 1 aliphatic heterocycles. The fourth-order valence-corrected chi connectivity index (χ4v) is 3.16. The summed E-state index contributed by atoms with van der Waals surface area (Å²) in [5, 5.41) is 10.5. The number of aromatic amines is 1. The number of nitrogens with one attached hydrogen (secondary N) is 2. The number of aromatic nitrogens is 2. The number of amides is 1. The zero-order chi connectivity index (χ0) is 17.4. The van der Waals surface area contributed by atoms with Gasteiger partial charge in [-0.2, -0.15) is 5.10 Å². The molecule has 0 saturated carbocycles. The van der Waals surface area contributed by atoms with Gasteiger partial charge >= 0.3 is 0 Å². The monoisotopic (exact) mass is 343 g/mol. The molecule has 0 aliphatic carbocycles. The number of benzene rings is 2. The highest BCUT2D eigenvalue weighted by atomic mass is 19.2. The lowest BCUT2D eigenvalue weighted by Crippen LogP contribution is -2.37. The average Bonchev–Trinajstić information content (AvgIpc) is 3.26. The van der Waals surface area contributed by atoms with Crippen LogP contribution in [0.4, 0.5) is 8.78 Å². The largest absolute Gasteiger partial charge is 0.371 e. The molecule has 128 valence electrons. The Kier molecular flexibility index (Phi) is 3.93. The number of halogens is 2. The van der Waals surface area contributed by atoms with E-state index in [0.29, 0.717) is 29.7 Å². The van der Waals surface area contributed by atoms with Gasteiger partial charge in [0, 0.05) is 12.0 Å². The molecule has 1 amide bonds. The Labute approximate surface area is 142 Å². The summed E-state index contributed by atoms with van der Waals surface area (Å²) < 4.78 is 32.3. The van der Waals surface area contributed by atoms with Crippen LogP contribution in [-0.4, -0.2) is 28.8 Å². The molecule has 0 unspecified atom stereocenters. The molecule has 25 heavy (non-hydrogen) atoms. The summed E-state index contributed by atoms with van der Waals surface area (Å²) in [7, 11) is 0. The molecule has 2 atom stereocenters. The van der Waals surface area contributed by atoms with E-state index < -0.39 is 17.7 Å². The van der Waals surface area contributed by atoms with Gasteiger partial charge in [0.2, 0.25) is 0 Å². The second-order valence-electron chi connectivity index (χ2n) is 5.97. The van der Waals surface area contributed by atoms with Crippen molar-refractivity contribution in [1.82, 2.24) is 15.5 Å². The second kappa shape index (κ2) is 6.25. The highest BCUT2D eigenvalue weighted by Crippen LogP contribution is 2.30. The van der Waals surface area contributed by atoms with Crippen molar-refractivity contribution in [2.24, 2.45) is 0 Å². The van der Waals surface area contributed by atoms with Gasteiger partial charge in [0.15, 0.2) is 11.6 Å². The van der Waals surface area contributed by atoms with Gasteiger partial charge in [-0.1, -0.05) is 18.2 Å². The first-order valence-corrected chi connectivity index (χ1v) is 7.93. The van der Waals surface area contributed by atoms with Crippen molar-refractivity contribution in [3.63, 3.8) is 0 Å². The number of rotatable bonds is 3. The van der Waals surface area contributed by atoms with Gasteiger partial charge in [0.25, 0.3) is 5.91 Å². The minimum atomic E-state index is -0.930. The maximum atomic E-state index is 13.5. The van der Waals surface area contributed by atoms with E-state index in [9.17, 15) is 13.6 Å². The van der Waals surface area contributed by atoms with Crippen LogP contribution < -0.4 is 5.32 Å². The number of H-pyrrole nitrogens is 1.